The summed E-state index contributed by atoms with van der Waals surface area (Å²) in [4.78, 5) is 9.16. The Balaban J connectivity index is 1.64. The van der Waals surface area contributed by atoms with Crippen LogP contribution in [0.5, 0.6) is 0 Å². The minimum absolute atomic E-state index is 0.512. The molecule has 0 bridgehead atoms. The minimum atomic E-state index is 0.512. The zero-order valence-corrected chi connectivity index (χ0v) is 12.7. The summed E-state index contributed by atoms with van der Waals surface area (Å²) < 4.78 is 7.65. The summed E-state index contributed by atoms with van der Waals surface area (Å²) in [5, 5.41) is 1.14. The summed E-state index contributed by atoms with van der Waals surface area (Å²) in [5.41, 5.74) is 8.33. The molecule has 0 spiro atoms. The normalized spacial score (nSPS) is 22.5. The van der Waals surface area contributed by atoms with Crippen LogP contribution < -0.4 is 5.73 Å². The molecule has 0 radical (unpaired) electrons. The standard InChI is InChI=1S/C17H22N4O/c18-16(20-9-13-5-7-22-11-13)15-8-14-2-1-6-19-17(14)21(15)10-12-3-4-12/h1-2,6,8,12-13H,3-5,7,9-11H2,(H2,18,20)/t13-/m1/s1. The lowest BCUT2D eigenvalue weighted by molar-refractivity contribution is 0.187. The van der Waals surface area contributed by atoms with Gasteiger partial charge in [-0.05, 0) is 43.4 Å². The second kappa shape index (κ2) is 5.72. The van der Waals surface area contributed by atoms with Gasteiger partial charge in [-0.1, -0.05) is 0 Å². The van der Waals surface area contributed by atoms with E-state index in [1.807, 2.05) is 12.3 Å². The van der Waals surface area contributed by atoms with Crippen molar-refractivity contribution in [1.29, 1.82) is 0 Å². The number of fused-ring (bicyclic) bond motifs is 1. The lowest BCUT2D eigenvalue weighted by Gasteiger charge is -2.10. The minimum Gasteiger partial charge on any atom is -0.382 e. The van der Waals surface area contributed by atoms with Gasteiger partial charge in [0.05, 0.1) is 12.3 Å². The van der Waals surface area contributed by atoms with Crippen molar-refractivity contribution >= 4 is 16.9 Å². The maximum absolute atomic E-state index is 6.29. The number of ether oxygens (including phenoxy) is 1. The molecule has 2 N–H and O–H groups in total. The Labute approximate surface area is 130 Å². The molecule has 0 aromatic carbocycles. The van der Waals surface area contributed by atoms with E-state index in [0.717, 1.165) is 55.4 Å². The molecule has 1 saturated heterocycles. The fourth-order valence-electron chi connectivity index (χ4n) is 3.08. The largest absolute Gasteiger partial charge is 0.382 e. The number of aromatic nitrogens is 2. The number of nitrogens with two attached hydrogens (primary N) is 1. The fourth-order valence-corrected chi connectivity index (χ4v) is 3.08. The van der Waals surface area contributed by atoms with Crippen molar-refractivity contribution in [2.24, 2.45) is 22.6 Å². The average molecular weight is 298 g/mol. The first-order valence-electron chi connectivity index (χ1n) is 8.13. The molecule has 3 heterocycles. The van der Waals surface area contributed by atoms with Crippen LogP contribution in [0.4, 0.5) is 0 Å². The van der Waals surface area contributed by atoms with Crippen LogP contribution in [0, 0.1) is 11.8 Å². The van der Waals surface area contributed by atoms with E-state index in [4.69, 9.17) is 10.5 Å². The lowest BCUT2D eigenvalue weighted by Crippen LogP contribution is -2.21. The topological polar surface area (TPSA) is 65.4 Å². The Morgan fingerprint density at radius 1 is 1.36 bits per heavy atom. The van der Waals surface area contributed by atoms with E-state index in [2.05, 4.69) is 26.7 Å². The van der Waals surface area contributed by atoms with Gasteiger partial charge in [0, 0.05) is 37.2 Å². The molecule has 1 saturated carbocycles. The summed E-state index contributed by atoms with van der Waals surface area (Å²) in [6.07, 6.45) is 5.55. The third-order valence-electron chi connectivity index (χ3n) is 4.60. The Morgan fingerprint density at radius 2 is 2.27 bits per heavy atom. The van der Waals surface area contributed by atoms with Crippen molar-refractivity contribution in [3.63, 3.8) is 0 Å². The molecule has 22 heavy (non-hydrogen) atoms. The molecule has 2 aromatic rings. The van der Waals surface area contributed by atoms with Gasteiger partial charge in [-0.2, -0.15) is 0 Å². The molecule has 4 rings (SSSR count). The molecule has 0 amide bonds. The van der Waals surface area contributed by atoms with Crippen molar-refractivity contribution < 1.29 is 4.74 Å². The van der Waals surface area contributed by atoms with E-state index in [0.29, 0.717) is 11.8 Å². The van der Waals surface area contributed by atoms with Crippen LogP contribution in [0.15, 0.2) is 29.4 Å². The Morgan fingerprint density at radius 3 is 3.05 bits per heavy atom. The predicted molar refractivity (Wildman–Crippen MR) is 87.0 cm³/mol. The second-order valence-corrected chi connectivity index (χ2v) is 6.46. The first-order valence-corrected chi connectivity index (χ1v) is 8.13. The molecular formula is C17H22N4O. The highest BCUT2D eigenvalue weighted by Crippen LogP contribution is 2.32. The van der Waals surface area contributed by atoms with E-state index in [9.17, 15) is 0 Å². The smallest absolute Gasteiger partial charge is 0.142 e. The van der Waals surface area contributed by atoms with E-state index >= 15 is 0 Å². The number of rotatable bonds is 5. The third kappa shape index (κ3) is 2.73. The van der Waals surface area contributed by atoms with Gasteiger partial charge in [-0.3, -0.25) is 4.99 Å². The SMILES string of the molecule is NC(=NC[C@H]1CCOC1)c1cc2cccnc2n1CC1CC1. The van der Waals surface area contributed by atoms with Crippen LogP contribution in [0.25, 0.3) is 11.0 Å². The highest BCUT2D eigenvalue weighted by Gasteiger charge is 2.25. The van der Waals surface area contributed by atoms with Gasteiger partial charge in [-0.15, -0.1) is 0 Å². The quantitative estimate of drug-likeness (QED) is 0.679. The van der Waals surface area contributed by atoms with Crippen molar-refractivity contribution in [2.75, 3.05) is 19.8 Å². The molecule has 2 fully saturated rings. The average Bonchev–Trinajstić information content (AvgIpc) is 3.07. The van der Waals surface area contributed by atoms with Gasteiger partial charge in [0.2, 0.25) is 0 Å². The van der Waals surface area contributed by atoms with Gasteiger partial charge in [0.1, 0.15) is 11.5 Å². The second-order valence-electron chi connectivity index (χ2n) is 6.46. The Kier molecular flexibility index (Phi) is 3.58. The molecule has 1 atom stereocenters. The number of amidine groups is 1. The third-order valence-corrected chi connectivity index (χ3v) is 4.60. The lowest BCUT2D eigenvalue weighted by atomic mass is 10.1. The summed E-state index contributed by atoms with van der Waals surface area (Å²) in [6.45, 7) is 3.41. The fraction of sp³-hybridized carbons (Fsp3) is 0.529. The zero-order chi connectivity index (χ0) is 14.9. The first kappa shape index (κ1) is 13.8. The monoisotopic (exact) mass is 298 g/mol. The number of nitrogens with zero attached hydrogens (tertiary/aromatic N) is 3. The summed E-state index contributed by atoms with van der Waals surface area (Å²) >= 11 is 0. The van der Waals surface area contributed by atoms with Crippen LogP contribution in [-0.2, 0) is 11.3 Å². The highest BCUT2D eigenvalue weighted by atomic mass is 16.5. The van der Waals surface area contributed by atoms with E-state index in [1.165, 1.54) is 12.8 Å². The van der Waals surface area contributed by atoms with Crippen molar-refractivity contribution in [1.82, 2.24) is 9.55 Å². The van der Waals surface area contributed by atoms with Crippen molar-refractivity contribution in [3.05, 3.63) is 30.1 Å². The molecule has 2 aliphatic rings. The van der Waals surface area contributed by atoms with Gasteiger partial charge in [-0.25, -0.2) is 4.98 Å². The van der Waals surface area contributed by atoms with Crippen LogP contribution in [0.3, 0.4) is 0 Å². The van der Waals surface area contributed by atoms with Crippen molar-refractivity contribution in [3.8, 4) is 0 Å². The van der Waals surface area contributed by atoms with Crippen LogP contribution in [-0.4, -0.2) is 35.1 Å². The number of hydrogen-bond acceptors (Lipinski definition) is 3. The van der Waals surface area contributed by atoms with E-state index in [-0.39, 0.29) is 0 Å². The summed E-state index contributed by atoms with van der Waals surface area (Å²) in [6, 6.07) is 6.18. The van der Waals surface area contributed by atoms with Crippen LogP contribution in [0.2, 0.25) is 0 Å². The summed E-state index contributed by atoms with van der Waals surface area (Å²) in [7, 11) is 0. The molecular weight excluding hydrogens is 276 g/mol. The van der Waals surface area contributed by atoms with Gasteiger partial charge in [0.15, 0.2) is 0 Å². The molecule has 1 aliphatic carbocycles. The Bertz CT molecular complexity index is 696. The van der Waals surface area contributed by atoms with Gasteiger partial charge < -0.3 is 15.0 Å². The Hall–Kier alpha value is -1.88. The van der Waals surface area contributed by atoms with Gasteiger partial charge in [0.25, 0.3) is 0 Å². The van der Waals surface area contributed by atoms with E-state index < -0.39 is 0 Å². The summed E-state index contributed by atoms with van der Waals surface area (Å²) in [5.74, 6) is 1.91. The highest BCUT2D eigenvalue weighted by molar-refractivity contribution is 6.00. The van der Waals surface area contributed by atoms with Crippen molar-refractivity contribution in [2.45, 2.75) is 25.8 Å². The number of hydrogen-bond donors (Lipinski definition) is 1. The number of aliphatic imine (C=N–C) groups is 1. The van der Waals surface area contributed by atoms with Gasteiger partial charge >= 0.3 is 0 Å². The molecule has 5 nitrogen and oxygen atoms in total. The maximum atomic E-state index is 6.29. The molecule has 0 unspecified atom stereocenters. The zero-order valence-electron chi connectivity index (χ0n) is 12.7. The molecule has 2 aromatic heterocycles. The molecule has 5 heteroatoms. The number of pyridine rings is 1. The first-order chi connectivity index (χ1) is 10.8. The maximum Gasteiger partial charge on any atom is 0.142 e. The van der Waals surface area contributed by atoms with E-state index in [1.54, 1.807) is 0 Å². The molecule has 116 valence electrons. The predicted octanol–water partition coefficient (Wildman–Crippen LogP) is 2.19. The molecule has 1 aliphatic heterocycles. The van der Waals surface area contributed by atoms with Crippen LogP contribution in [0.1, 0.15) is 25.0 Å². The van der Waals surface area contributed by atoms with Crippen LogP contribution >= 0.6 is 0 Å².